The summed E-state index contributed by atoms with van der Waals surface area (Å²) in [7, 11) is 0. The molecular weight excluding hydrogens is 346 g/mol. The molecule has 4 nitrogen and oxygen atoms in total. The van der Waals surface area contributed by atoms with Gasteiger partial charge in [-0.15, -0.1) is 16.2 Å². The molecule has 3 aromatic rings. The molecule has 0 saturated heterocycles. The molecule has 1 amide bonds. The molecule has 0 spiro atoms. The molecule has 0 unspecified atom stereocenters. The quantitative estimate of drug-likeness (QED) is 0.556. The van der Waals surface area contributed by atoms with Crippen LogP contribution in [0.1, 0.15) is 33.4 Å². The third-order valence-corrected chi connectivity index (χ3v) is 5.91. The first-order valence-corrected chi connectivity index (χ1v) is 9.34. The van der Waals surface area contributed by atoms with Gasteiger partial charge in [-0.05, 0) is 84.0 Å². The molecule has 5 heteroatoms. The van der Waals surface area contributed by atoms with E-state index >= 15 is 0 Å². The number of nitrogens with zero attached hydrogens (tertiary/aromatic N) is 1. The molecule has 0 aliphatic heterocycles. The summed E-state index contributed by atoms with van der Waals surface area (Å²) < 4.78 is 7.09. The van der Waals surface area contributed by atoms with Crippen molar-refractivity contribution in [3.8, 4) is 5.75 Å². The number of carbonyl (C=O) groups is 1. The van der Waals surface area contributed by atoms with Crippen LogP contribution in [-0.2, 0) is 17.8 Å². The van der Waals surface area contributed by atoms with Crippen LogP contribution in [0.5, 0.6) is 5.75 Å². The van der Waals surface area contributed by atoms with Crippen molar-refractivity contribution in [2.24, 2.45) is 5.18 Å². The van der Waals surface area contributed by atoms with E-state index in [1.165, 1.54) is 22.3 Å². The molecule has 0 atom stereocenters. The number of fused-ring (bicyclic) bond motifs is 1. The van der Waals surface area contributed by atoms with Crippen LogP contribution in [0.4, 0.5) is 0 Å². The van der Waals surface area contributed by atoms with E-state index in [-0.39, 0.29) is 6.42 Å². The van der Waals surface area contributed by atoms with Crippen molar-refractivity contribution >= 4 is 27.3 Å². The molecule has 0 radical (unpaired) electrons. The Morgan fingerprint density at radius 3 is 2.54 bits per heavy atom. The van der Waals surface area contributed by atoms with Crippen LogP contribution in [0.15, 0.2) is 34.8 Å². The van der Waals surface area contributed by atoms with E-state index in [0.29, 0.717) is 6.61 Å². The minimum absolute atomic E-state index is 0.0480. The van der Waals surface area contributed by atoms with Crippen LogP contribution in [-0.4, -0.2) is 5.91 Å². The van der Waals surface area contributed by atoms with Crippen molar-refractivity contribution in [3.63, 3.8) is 0 Å². The van der Waals surface area contributed by atoms with E-state index in [1.807, 2.05) is 24.4 Å². The Morgan fingerprint density at radius 1 is 1.04 bits per heavy atom. The average Bonchev–Trinajstić information content (AvgIpc) is 3.02. The van der Waals surface area contributed by atoms with Crippen LogP contribution in [0.2, 0.25) is 0 Å². The van der Waals surface area contributed by atoms with Gasteiger partial charge in [0.25, 0.3) is 5.91 Å². The molecular formula is C21H21NO3S. The molecule has 0 aliphatic carbocycles. The summed E-state index contributed by atoms with van der Waals surface area (Å²) in [5.74, 6) is 0.163. The number of nitroso groups, excluding NO2 is 1. The van der Waals surface area contributed by atoms with Gasteiger partial charge in [-0.3, -0.25) is 4.79 Å². The van der Waals surface area contributed by atoms with Crippen LogP contribution in [0, 0.1) is 32.6 Å². The van der Waals surface area contributed by atoms with E-state index in [2.05, 4.69) is 38.1 Å². The van der Waals surface area contributed by atoms with Gasteiger partial charge in [-0.25, -0.2) is 0 Å². The first-order valence-electron chi connectivity index (χ1n) is 8.46. The highest BCUT2D eigenvalue weighted by Gasteiger charge is 2.13. The topological polar surface area (TPSA) is 55.7 Å². The first kappa shape index (κ1) is 18.3. The van der Waals surface area contributed by atoms with Gasteiger partial charge in [-0.1, -0.05) is 12.1 Å². The average molecular weight is 367 g/mol. The zero-order valence-corrected chi connectivity index (χ0v) is 16.2. The Labute approximate surface area is 156 Å². The predicted octanol–water partition coefficient (Wildman–Crippen LogP) is 5.55. The summed E-state index contributed by atoms with van der Waals surface area (Å²) in [5, 5.41) is 5.42. The fourth-order valence-electron chi connectivity index (χ4n) is 3.16. The molecule has 26 heavy (non-hydrogen) atoms. The van der Waals surface area contributed by atoms with E-state index < -0.39 is 5.91 Å². The molecule has 0 N–H and O–H groups in total. The van der Waals surface area contributed by atoms with Crippen LogP contribution >= 0.6 is 11.3 Å². The second kappa shape index (κ2) is 7.38. The SMILES string of the molecule is Cc1ccc(COc2cc(C)c3c(CC(=O)N=O)csc3c2)c(C)c1C. The summed E-state index contributed by atoms with van der Waals surface area (Å²) in [6.45, 7) is 8.88. The van der Waals surface area contributed by atoms with Gasteiger partial charge < -0.3 is 4.74 Å². The maximum atomic E-state index is 11.3. The minimum Gasteiger partial charge on any atom is -0.489 e. The molecule has 0 saturated carbocycles. The Bertz CT molecular complexity index is 1000. The number of carbonyl (C=O) groups excluding carboxylic acids is 1. The lowest BCUT2D eigenvalue weighted by Gasteiger charge is -2.13. The molecule has 0 bridgehead atoms. The number of hydrogen-bond donors (Lipinski definition) is 0. The predicted molar refractivity (Wildman–Crippen MR) is 106 cm³/mol. The number of amides is 1. The zero-order valence-electron chi connectivity index (χ0n) is 15.4. The summed E-state index contributed by atoms with van der Waals surface area (Å²) in [5.41, 5.74) is 6.91. The third kappa shape index (κ3) is 3.53. The van der Waals surface area contributed by atoms with Crippen LogP contribution < -0.4 is 4.74 Å². The second-order valence-corrected chi connectivity index (χ2v) is 7.53. The number of benzene rings is 2. The lowest BCUT2D eigenvalue weighted by Crippen LogP contribution is -2.01. The summed E-state index contributed by atoms with van der Waals surface area (Å²) in [6.07, 6.45) is 0.0480. The van der Waals surface area contributed by atoms with Crippen molar-refractivity contribution in [1.29, 1.82) is 0 Å². The van der Waals surface area contributed by atoms with Gasteiger partial charge >= 0.3 is 0 Å². The monoisotopic (exact) mass is 367 g/mol. The lowest BCUT2D eigenvalue weighted by atomic mass is 9.99. The van der Waals surface area contributed by atoms with Gasteiger partial charge in [0.05, 0.1) is 6.42 Å². The van der Waals surface area contributed by atoms with E-state index in [0.717, 1.165) is 27.0 Å². The fourth-order valence-corrected chi connectivity index (χ4v) is 4.22. The highest BCUT2D eigenvalue weighted by Crippen LogP contribution is 2.33. The van der Waals surface area contributed by atoms with Gasteiger partial charge in [-0.2, -0.15) is 0 Å². The molecule has 1 heterocycles. The number of hydrogen-bond acceptors (Lipinski definition) is 4. The molecule has 1 aromatic heterocycles. The van der Waals surface area contributed by atoms with E-state index in [9.17, 15) is 9.70 Å². The fraction of sp³-hybridized carbons (Fsp3) is 0.286. The van der Waals surface area contributed by atoms with Gasteiger partial charge in [0.15, 0.2) is 0 Å². The molecule has 0 fully saturated rings. The molecule has 134 valence electrons. The molecule has 2 aromatic carbocycles. The largest absolute Gasteiger partial charge is 0.489 e. The van der Waals surface area contributed by atoms with E-state index in [1.54, 1.807) is 11.3 Å². The van der Waals surface area contributed by atoms with Crippen molar-refractivity contribution in [3.05, 3.63) is 67.9 Å². The lowest BCUT2D eigenvalue weighted by molar-refractivity contribution is -0.117. The third-order valence-electron chi connectivity index (χ3n) is 4.93. The van der Waals surface area contributed by atoms with E-state index in [4.69, 9.17) is 4.74 Å². The molecule has 0 aliphatic rings. The Balaban J connectivity index is 1.85. The van der Waals surface area contributed by atoms with Crippen molar-refractivity contribution < 1.29 is 9.53 Å². The number of ether oxygens (including phenoxy) is 1. The maximum Gasteiger partial charge on any atom is 0.290 e. The van der Waals surface area contributed by atoms with Crippen molar-refractivity contribution in [1.82, 2.24) is 0 Å². The van der Waals surface area contributed by atoms with Gasteiger partial charge in [0, 0.05) is 9.88 Å². The van der Waals surface area contributed by atoms with Crippen LogP contribution in [0.3, 0.4) is 0 Å². The standard InChI is InChI=1S/C21H21NO3S/c1-12-5-6-16(15(4)14(12)3)10-25-18-7-13(2)21-17(8-20(23)22-24)11-26-19(21)9-18/h5-7,9,11H,8,10H2,1-4H3. The second-order valence-electron chi connectivity index (χ2n) is 6.62. The highest BCUT2D eigenvalue weighted by atomic mass is 32.1. The van der Waals surface area contributed by atoms with Crippen molar-refractivity contribution in [2.75, 3.05) is 0 Å². The highest BCUT2D eigenvalue weighted by molar-refractivity contribution is 7.17. The summed E-state index contributed by atoms with van der Waals surface area (Å²) in [6, 6.07) is 8.21. The normalized spacial score (nSPS) is 10.9. The number of rotatable bonds is 5. The first-order chi connectivity index (χ1) is 12.4. The maximum absolute atomic E-state index is 11.3. The minimum atomic E-state index is -0.644. The Morgan fingerprint density at radius 2 is 1.81 bits per heavy atom. The number of thiophene rings is 1. The zero-order chi connectivity index (χ0) is 18.8. The smallest absolute Gasteiger partial charge is 0.290 e. The van der Waals surface area contributed by atoms with Gasteiger partial charge in [0.2, 0.25) is 0 Å². The van der Waals surface area contributed by atoms with Crippen LogP contribution in [0.25, 0.3) is 10.1 Å². The number of aryl methyl sites for hydroxylation is 2. The summed E-state index contributed by atoms with van der Waals surface area (Å²) >= 11 is 1.55. The van der Waals surface area contributed by atoms with Gasteiger partial charge in [0.1, 0.15) is 12.4 Å². The summed E-state index contributed by atoms with van der Waals surface area (Å²) in [4.78, 5) is 21.7. The Kier molecular flexibility index (Phi) is 5.18. The molecule has 3 rings (SSSR count). The van der Waals surface area contributed by atoms with Crippen molar-refractivity contribution in [2.45, 2.75) is 40.7 Å². The Hall–Kier alpha value is -2.53.